The third-order valence-electron chi connectivity index (χ3n) is 4.63. The van der Waals surface area contributed by atoms with Gasteiger partial charge in [0.15, 0.2) is 0 Å². The van der Waals surface area contributed by atoms with Crippen LogP contribution in [0, 0.1) is 0 Å². The summed E-state index contributed by atoms with van der Waals surface area (Å²) < 4.78 is 0. The van der Waals surface area contributed by atoms with E-state index in [0.29, 0.717) is 6.04 Å². The van der Waals surface area contributed by atoms with Crippen molar-refractivity contribution < 1.29 is 0 Å². The Morgan fingerprint density at radius 2 is 1.86 bits per heavy atom. The molecule has 1 N–H and O–H groups in total. The molecule has 0 aliphatic carbocycles. The molecule has 0 saturated carbocycles. The molecule has 1 fully saturated rings. The fraction of sp³-hybridized carbons (Fsp3) is 0.684. The average molecular weight is 288 g/mol. The molecule has 1 heterocycles. The minimum Gasteiger partial charge on any atom is -0.311 e. The zero-order chi connectivity index (χ0) is 14.9. The third-order valence-corrected chi connectivity index (χ3v) is 4.63. The summed E-state index contributed by atoms with van der Waals surface area (Å²) in [7, 11) is 0. The zero-order valence-corrected chi connectivity index (χ0v) is 13.9. The van der Waals surface area contributed by atoms with Crippen molar-refractivity contribution >= 4 is 0 Å². The van der Waals surface area contributed by atoms with Crippen molar-refractivity contribution in [3.8, 4) is 0 Å². The van der Waals surface area contributed by atoms with Crippen molar-refractivity contribution in [2.24, 2.45) is 0 Å². The highest BCUT2D eigenvalue weighted by Gasteiger charge is 2.26. The molecule has 2 atom stereocenters. The predicted octanol–water partition coefficient (Wildman–Crippen LogP) is 3.86. The summed E-state index contributed by atoms with van der Waals surface area (Å²) in [4.78, 5) is 2.75. The number of piperazine rings is 1. The molecule has 0 spiro atoms. The number of benzene rings is 1. The molecule has 0 bridgehead atoms. The highest BCUT2D eigenvalue weighted by atomic mass is 15.2. The van der Waals surface area contributed by atoms with E-state index in [1.54, 1.807) is 0 Å². The minimum absolute atomic E-state index is 0.708. The summed E-state index contributed by atoms with van der Waals surface area (Å²) in [5.41, 5.74) is 1.48. The first kappa shape index (κ1) is 16.5. The van der Waals surface area contributed by atoms with Crippen molar-refractivity contribution in [2.75, 3.05) is 19.6 Å². The van der Waals surface area contributed by atoms with Crippen LogP contribution in [0.2, 0.25) is 0 Å². The van der Waals surface area contributed by atoms with Gasteiger partial charge in [0, 0.05) is 25.2 Å². The minimum atomic E-state index is 0.708. The molecule has 1 aromatic rings. The maximum absolute atomic E-state index is 3.75. The van der Waals surface area contributed by atoms with E-state index in [2.05, 4.69) is 54.4 Å². The highest BCUT2D eigenvalue weighted by Crippen LogP contribution is 2.16. The summed E-state index contributed by atoms with van der Waals surface area (Å²) in [5.74, 6) is 0. The Labute approximate surface area is 130 Å². The van der Waals surface area contributed by atoms with Crippen LogP contribution >= 0.6 is 0 Å². The quantitative estimate of drug-likeness (QED) is 0.781. The second-order valence-electron chi connectivity index (χ2n) is 6.42. The van der Waals surface area contributed by atoms with Gasteiger partial charge in [-0.05, 0) is 37.8 Å². The van der Waals surface area contributed by atoms with E-state index < -0.39 is 0 Å². The van der Waals surface area contributed by atoms with Crippen molar-refractivity contribution in [3.63, 3.8) is 0 Å². The summed E-state index contributed by atoms with van der Waals surface area (Å²) >= 11 is 0. The van der Waals surface area contributed by atoms with Crippen LogP contribution in [0.4, 0.5) is 0 Å². The molecular weight excluding hydrogens is 256 g/mol. The standard InChI is InChI=1S/C19H32N2/c1-3-9-18-16-21(19(10-4-2)15-20-18)14-8-13-17-11-6-5-7-12-17/h5-7,11-12,18-20H,3-4,8-10,13-16H2,1-2H3. The van der Waals surface area contributed by atoms with E-state index in [-0.39, 0.29) is 0 Å². The Morgan fingerprint density at radius 3 is 2.57 bits per heavy atom. The van der Waals surface area contributed by atoms with Gasteiger partial charge in [-0.15, -0.1) is 0 Å². The Bertz CT molecular complexity index is 376. The van der Waals surface area contributed by atoms with Gasteiger partial charge >= 0.3 is 0 Å². The van der Waals surface area contributed by atoms with Gasteiger partial charge in [-0.25, -0.2) is 0 Å². The number of rotatable bonds is 8. The molecule has 0 radical (unpaired) electrons. The fourth-order valence-corrected chi connectivity index (χ4v) is 3.49. The topological polar surface area (TPSA) is 15.3 Å². The van der Waals surface area contributed by atoms with Crippen LogP contribution in [0.5, 0.6) is 0 Å². The summed E-state index contributed by atoms with van der Waals surface area (Å²) in [6.07, 6.45) is 7.71. The van der Waals surface area contributed by atoms with Crippen LogP contribution in [-0.2, 0) is 6.42 Å². The third kappa shape index (κ3) is 5.44. The van der Waals surface area contributed by atoms with Crippen LogP contribution in [0.15, 0.2) is 30.3 Å². The van der Waals surface area contributed by atoms with Crippen LogP contribution in [0.3, 0.4) is 0 Å². The molecule has 118 valence electrons. The number of hydrogen-bond donors (Lipinski definition) is 1. The first-order valence-corrected chi connectivity index (χ1v) is 8.84. The lowest BCUT2D eigenvalue weighted by molar-refractivity contribution is 0.118. The zero-order valence-electron chi connectivity index (χ0n) is 13.9. The average Bonchev–Trinajstić information content (AvgIpc) is 2.51. The van der Waals surface area contributed by atoms with Crippen molar-refractivity contribution in [2.45, 2.75) is 64.5 Å². The lowest BCUT2D eigenvalue weighted by atomic mass is 10.0. The van der Waals surface area contributed by atoms with Gasteiger partial charge in [-0.2, -0.15) is 0 Å². The highest BCUT2D eigenvalue weighted by molar-refractivity contribution is 5.14. The first-order chi connectivity index (χ1) is 10.3. The molecule has 1 saturated heterocycles. The van der Waals surface area contributed by atoms with Crippen LogP contribution in [-0.4, -0.2) is 36.6 Å². The summed E-state index contributed by atoms with van der Waals surface area (Å²) in [6, 6.07) is 12.4. The molecule has 0 amide bonds. The van der Waals surface area contributed by atoms with Gasteiger partial charge in [0.1, 0.15) is 0 Å². The lowest BCUT2D eigenvalue weighted by Crippen LogP contribution is -2.56. The van der Waals surface area contributed by atoms with Gasteiger partial charge in [-0.3, -0.25) is 4.90 Å². The summed E-state index contributed by atoms with van der Waals surface area (Å²) in [6.45, 7) is 8.28. The van der Waals surface area contributed by atoms with Crippen molar-refractivity contribution in [3.05, 3.63) is 35.9 Å². The molecule has 21 heavy (non-hydrogen) atoms. The van der Waals surface area contributed by atoms with E-state index in [4.69, 9.17) is 0 Å². The van der Waals surface area contributed by atoms with E-state index in [9.17, 15) is 0 Å². The maximum Gasteiger partial charge on any atom is 0.0221 e. The molecule has 2 heteroatoms. The van der Waals surface area contributed by atoms with Gasteiger partial charge in [0.25, 0.3) is 0 Å². The number of nitrogens with one attached hydrogen (secondary N) is 1. The number of nitrogens with zero attached hydrogens (tertiary/aromatic N) is 1. The number of hydrogen-bond acceptors (Lipinski definition) is 2. The van der Waals surface area contributed by atoms with E-state index in [0.717, 1.165) is 6.04 Å². The SMILES string of the molecule is CCCC1CN(CCCc2ccccc2)C(CCC)CN1. The molecule has 2 nitrogen and oxygen atoms in total. The number of aryl methyl sites for hydroxylation is 1. The fourth-order valence-electron chi connectivity index (χ4n) is 3.49. The predicted molar refractivity (Wildman–Crippen MR) is 91.7 cm³/mol. The van der Waals surface area contributed by atoms with Crippen LogP contribution < -0.4 is 5.32 Å². The monoisotopic (exact) mass is 288 g/mol. The van der Waals surface area contributed by atoms with Gasteiger partial charge in [0.2, 0.25) is 0 Å². The molecule has 0 aromatic heterocycles. The van der Waals surface area contributed by atoms with Crippen LogP contribution in [0.25, 0.3) is 0 Å². The smallest absolute Gasteiger partial charge is 0.0221 e. The normalized spacial score (nSPS) is 23.3. The van der Waals surface area contributed by atoms with Crippen molar-refractivity contribution in [1.29, 1.82) is 0 Å². The first-order valence-electron chi connectivity index (χ1n) is 8.84. The largest absolute Gasteiger partial charge is 0.311 e. The Kier molecular flexibility index (Phi) is 7.25. The molecule has 1 aliphatic rings. The Balaban J connectivity index is 1.81. The van der Waals surface area contributed by atoms with E-state index >= 15 is 0 Å². The van der Waals surface area contributed by atoms with Gasteiger partial charge in [-0.1, -0.05) is 57.0 Å². The second-order valence-corrected chi connectivity index (χ2v) is 6.42. The molecular formula is C19H32N2. The van der Waals surface area contributed by atoms with Gasteiger partial charge < -0.3 is 5.32 Å². The molecule has 1 aromatic carbocycles. The molecule has 1 aliphatic heterocycles. The van der Waals surface area contributed by atoms with Crippen molar-refractivity contribution in [1.82, 2.24) is 10.2 Å². The van der Waals surface area contributed by atoms with Crippen LogP contribution in [0.1, 0.15) is 51.5 Å². The molecule has 2 unspecified atom stereocenters. The maximum atomic E-state index is 3.75. The Morgan fingerprint density at radius 1 is 1.10 bits per heavy atom. The van der Waals surface area contributed by atoms with E-state index in [1.807, 2.05) is 0 Å². The summed E-state index contributed by atoms with van der Waals surface area (Å²) in [5, 5.41) is 3.75. The lowest BCUT2D eigenvalue weighted by Gasteiger charge is -2.40. The second kappa shape index (κ2) is 9.22. The van der Waals surface area contributed by atoms with E-state index in [1.165, 1.54) is 63.7 Å². The molecule has 2 rings (SSSR count). The van der Waals surface area contributed by atoms with Gasteiger partial charge in [0.05, 0.1) is 0 Å². The Hall–Kier alpha value is -0.860.